The molecule has 0 saturated carbocycles. The Morgan fingerprint density at radius 3 is 2.81 bits per heavy atom. The Kier molecular flexibility index (Phi) is 4.86. The van der Waals surface area contributed by atoms with Gasteiger partial charge in [-0.1, -0.05) is 11.8 Å². The molecular formula is C14H11N5O5S2. The number of imide groups is 1. The molecule has 3 rings (SSSR count). The Morgan fingerprint density at radius 1 is 1.46 bits per heavy atom. The van der Waals surface area contributed by atoms with Crippen molar-refractivity contribution >= 4 is 46.6 Å². The van der Waals surface area contributed by atoms with Crippen molar-refractivity contribution in [2.75, 3.05) is 6.54 Å². The highest BCUT2D eigenvalue weighted by atomic mass is 32.2. The van der Waals surface area contributed by atoms with Crippen molar-refractivity contribution in [2.24, 2.45) is 0 Å². The number of nitro groups is 1. The second-order valence-corrected chi connectivity index (χ2v) is 7.32. The Hall–Kier alpha value is -2.99. The summed E-state index contributed by atoms with van der Waals surface area (Å²) in [5, 5.41) is 16.0. The molecule has 0 aliphatic carbocycles. The van der Waals surface area contributed by atoms with E-state index in [4.69, 9.17) is 0 Å². The van der Waals surface area contributed by atoms with Gasteiger partial charge < -0.3 is 0 Å². The first-order chi connectivity index (χ1) is 12.3. The number of aryl methyl sites for hydroxylation is 1. The van der Waals surface area contributed by atoms with Crippen molar-refractivity contribution in [3.05, 3.63) is 45.0 Å². The lowest BCUT2D eigenvalue weighted by Gasteiger charge is -2.14. The number of urea groups is 1. The zero-order valence-electron chi connectivity index (χ0n) is 13.2. The van der Waals surface area contributed by atoms with Crippen LogP contribution < -0.4 is 10.7 Å². The zero-order valence-corrected chi connectivity index (χ0v) is 14.8. The van der Waals surface area contributed by atoms with Gasteiger partial charge in [-0.25, -0.2) is 14.8 Å². The molecule has 1 aromatic heterocycles. The highest BCUT2D eigenvalue weighted by Crippen LogP contribution is 2.36. The SMILES string of the molecule is Cc1csc(Sc2ccc(C(=O)NN3CC(=O)NC3=O)cc2[N+](=O)[O-])n1. The van der Waals surface area contributed by atoms with Crippen LogP contribution in [-0.4, -0.2) is 39.3 Å². The molecule has 134 valence electrons. The van der Waals surface area contributed by atoms with Crippen LogP contribution in [-0.2, 0) is 4.79 Å². The van der Waals surface area contributed by atoms with Gasteiger partial charge in [0.25, 0.3) is 11.6 Å². The number of aromatic nitrogens is 1. The van der Waals surface area contributed by atoms with Gasteiger partial charge in [-0.15, -0.1) is 11.3 Å². The summed E-state index contributed by atoms with van der Waals surface area (Å²) in [6.07, 6.45) is 0. The molecule has 2 aromatic rings. The van der Waals surface area contributed by atoms with Gasteiger partial charge >= 0.3 is 6.03 Å². The number of nitrogens with zero attached hydrogens (tertiary/aromatic N) is 3. The number of hydrogen-bond acceptors (Lipinski definition) is 8. The van der Waals surface area contributed by atoms with Gasteiger partial charge in [-0.3, -0.25) is 30.4 Å². The maximum absolute atomic E-state index is 12.2. The summed E-state index contributed by atoms with van der Waals surface area (Å²) in [7, 11) is 0. The molecule has 0 radical (unpaired) electrons. The van der Waals surface area contributed by atoms with E-state index >= 15 is 0 Å². The molecule has 10 nitrogen and oxygen atoms in total. The number of thiazole rings is 1. The molecule has 26 heavy (non-hydrogen) atoms. The maximum atomic E-state index is 12.2. The number of carbonyl (C=O) groups is 3. The summed E-state index contributed by atoms with van der Waals surface area (Å²) in [6.45, 7) is 1.51. The van der Waals surface area contributed by atoms with Crippen LogP contribution in [0.5, 0.6) is 0 Å². The summed E-state index contributed by atoms with van der Waals surface area (Å²) in [5.74, 6) is -1.29. The summed E-state index contributed by atoms with van der Waals surface area (Å²) in [5.41, 5.74) is 2.79. The number of nitrogens with one attached hydrogen (secondary N) is 2. The number of benzene rings is 1. The fourth-order valence-electron chi connectivity index (χ4n) is 2.08. The fraction of sp³-hybridized carbons (Fsp3) is 0.143. The van der Waals surface area contributed by atoms with Gasteiger partial charge in [-0.2, -0.15) is 0 Å². The predicted octanol–water partition coefficient (Wildman–Crippen LogP) is 1.71. The van der Waals surface area contributed by atoms with Crippen molar-refractivity contribution in [1.29, 1.82) is 0 Å². The van der Waals surface area contributed by atoms with E-state index in [0.717, 1.165) is 28.5 Å². The minimum Gasteiger partial charge on any atom is -0.275 e. The van der Waals surface area contributed by atoms with Crippen LogP contribution in [0, 0.1) is 17.0 Å². The van der Waals surface area contributed by atoms with Crippen molar-refractivity contribution in [2.45, 2.75) is 16.2 Å². The number of hydrogen-bond donors (Lipinski definition) is 2. The van der Waals surface area contributed by atoms with Gasteiger partial charge in [-0.05, 0) is 19.1 Å². The highest BCUT2D eigenvalue weighted by Gasteiger charge is 2.29. The normalized spacial score (nSPS) is 13.7. The van der Waals surface area contributed by atoms with Crippen LogP contribution in [0.3, 0.4) is 0 Å². The molecule has 0 atom stereocenters. The Bertz CT molecular complexity index is 928. The fourth-order valence-corrected chi connectivity index (χ4v) is 3.96. The second-order valence-electron chi connectivity index (χ2n) is 5.18. The van der Waals surface area contributed by atoms with Gasteiger partial charge in [0.05, 0.1) is 9.82 Å². The van der Waals surface area contributed by atoms with E-state index < -0.39 is 22.8 Å². The molecular weight excluding hydrogens is 382 g/mol. The summed E-state index contributed by atoms with van der Waals surface area (Å²) in [6, 6.07) is 3.21. The Balaban J connectivity index is 1.81. The minimum absolute atomic E-state index is 0.0106. The van der Waals surface area contributed by atoms with E-state index in [0.29, 0.717) is 9.24 Å². The highest BCUT2D eigenvalue weighted by molar-refractivity contribution is 8.01. The third kappa shape index (κ3) is 3.81. The van der Waals surface area contributed by atoms with E-state index in [1.807, 2.05) is 17.6 Å². The number of nitro benzene ring substituents is 1. The average molecular weight is 393 g/mol. The second kappa shape index (κ2) is 7.09. The van der Waals surface area contributed by atoms with Crippen molar-refractivity contribution in [3.63, 3.8) is 0 Å². The molecule has 1 aliphatic heterocycles. The van der Waals surface area contributed by atoms with Gasteiger partial charge in [0.1, 0.15) is 6.54 Å². The van der Waals surface area contributed by atoms with Crippen LogP contribution in [0.15, 0.2) is 32.8 Å². The number of amides is 4. The van der Waals surface area contributed by atoms with E-state index in [9.17, 15) is 24.5 Å². The van der Waals surface area contributed by atoms with Crippen LogP contribution in [0.25, 0.3) is 0 Å². The Labute approximate surface area is 154 Å². The van der Waals surface area contributed by atoms with Gasteiger partial charge in [0, 0.05) is 22.7 Å². The molecule has 4 amide bonds. The lowest BCUT2D eigenvalue weighted by molar-refractivity contribution is -0.387. The zero-order chi connectivity index (χ0) is 18.8. The molecule has 0 spiro atoms. The van der Waals surface area contributed by atoms with Crippen LogP contribution in [0.1, 0.15) is 16.1 Å². The number of carbonyl (C=O) groups excluding carboxylic acids is 3. The molecule has 1 aliphatic rings. The standard InChI is InChI=1S/C14H11N5O5S2/c1-7-6-25-14(15-7)26-10-3-2-8(4-9(10)19(23)24)12(21)17-18-5-11(20)16-13(18)22/h2-4,6H,5H2,1H3,(H,17,21)(H,16,20,22). The number of rotatable bonds is 5. The maximum Gasteiger partial charge on any atom is 0.343 e. The van der Waals surface area contributed by atoms with Crippen LogP contribution in [0.2, 0.25) is 0 Å². The van der Waals surface area contributed by atoms with E-state index in [-0.39, 0.29) is 17.8 Å². The smallest absolute Gasteiger partial charge is 0.275 e. The largest absolute Gasteiger partial charge is 0.343 e. The average Bonchev–Trinajstić information content (AvgIpc) is 3.12. The quantitative estimate of drug-likeness (QED) is 0.448. The molecule has 12 heteroatoms. The van der Waals surface area contributed by atoms with Gasteiger partial charge in [0.15, 0.2) is 4.34 Å². The summed E-state index contributed by atoms with van der Waals surface area (Å²) < 4.78 is 0.648. The third-order valence-corrected chi connectivity index (χ3v) is 5.36. The Morgan fingerprint density at radius 2 is 2.23 bits per heavy atom. The molecule has 1 fully saturated rings. The molecule has 2 heterocycles. The lowest BCUT2D eigenvalue weighted by atomic mass is 10.2. The molecule has 0 unspecified atom stereocenters. The molecule has 1 aromatic carbocycles. The monoisotopic (exact) mass is 393 g/mol. The third-order valence-electron chi connectivity index (χ3n) is 3.24. The van der Waals surface area contributed by atoms with Crippen molar-refractivity contribution in [1.82, 2.24) is 20.7 Å². The first kappa shape index (κ1) is 17.8. The van der Waals surface area contributed by atoms with E-state index in [1.54, 1.807) is 0 Å². The first-order valence-corrected chi connectivity index (χ1v) is 8.84. The number of hydrazine groups is 1. The van der Waals surface area contributed by atoms with Crippen LogP contribution in [0.4, 0.5) is 10.5 Å². The van der Waals surface area contributed by atoms with E-state index in [1.165, 1.54) is 23.5 Å². The lowest BCUT2D eigenvalue weighted by Crippen LogP contribution is -2.44. The summed E-state index contributed by atoms with van der Waals surface area (Å²) in [4.78, 5) is 50.1. The predicted molar refractivity (Wildman–Crippen MR) is 91.8 cm³/mol. The van der Waals surface area contributed by atoms with E-state index in [2.05, 4.69) is 10.4 Å². The van der Waals surface area contributed by atoms with Crippen molar-refractivity contribution < 1.29 is 19.3 Å². The van der Waals surface area contributed by atoms with Crippen molar-refractivity contribution in [3.8, 4) is 0 Å². The van der Waals surface area contributed by atoms with Crippen LogP contribution >= 0.6 is 23.1 Å². The topological polar surface area (TPSA) is 135 Å². The summed E-state index contributed by atoms with van der Waals surface area (Å²) >= 11 is 2.50. The molecule has 1 saturated heterocycles. The minimum atomic E-state index is -0.760. The van der Waals surface area contributed by atoms with Gasteiger partial charge in [0.2, 0.25) is 5.91 Å². The molecule has 2 N–H and O–H groups in total. The molecule has 0 bridgehead atoms. The first-order valence-electron chi connectivity index (χ1n) is 7.14.